The Morgan fingerprint density at radius 3 is 3.00 bits per heavy atom. The maximum absolute atomic E-state index is 11.2. The number of H-pyrrole nitrogens is 1. The number of aromatic nitrogens is 4. The third-order valence-electron chi connectivity index (χ3n) is 1.74. The zero-order chi connectivity index (χ0) is 11.8. The van der Waals surface area contributed by atoms with Gasteiger partial charge in [-0.2, -0.15) is 4.98 Å². The maximum atomic E-state index is 11.2. The minimum Gasteiger partial charge on any atom is -0.328 e. The van der Waals surface area contributed by atoms with Gasteiger partial charge in [-0.15, -0.1) is 4.73 Å². The molecule has 0 saturated heterocycles. The molecule has 2 aromatic heterocycles. The Balaban J connectivity index is 2.51. The van der Waals surface area contributed by atoms with Gasteiger partial charge in [-0.25, -0.2) is 9.55 Å². The summed E-state index contributed by atoms with van der Waals surface area (Å²) in [6.45, 7) is 0. The molecule has 16 heavy (non-hydrogen) atoms. The van der Waals surface area contributed by atoms with Gasteiger partial charge < -0.3 is 9.61 Å². The molecule has 0 spiro atoms. The van der Waals surface area contributed by atoms with Gasteiger partial charge in [0.25, 0.3) is 0 Å². The normalized spacial score (nSPS) is 14.9. The second kappa shape index (κ2) is 3.71. The molecule has 0 radical (unpaired) electrons. The molecule has 0 amide bonds. The van der Waals surface area contributed by atoms with Gasteiger partial charge in [0.05, 0.1) is 6.33 Å². The van der Waals surface area contributed by atoms with E-state index in [0.29, 0.717) is 0 Å². The topological polar surface area (TPSA) is 119 Å². The van der Waals surface area contributed by atoms with E-state index in [1.807, 2.05) is 0 Å². The summed E-state index contributed by atoms with van der Waals surface area (Å²) in [7, 11) is -3.18. The molecule has 0 aromatic carbocycles. The molecule has 1 atom stereocenters. The third kappa shape index (κ3) is 1.83. The van der Waals surface area contributed by atoms with Gasteiger partial charge in [0.1, 0.15) is 6.33 Å². The summed E-state index contributed by atoms with van der Waals surface area (Å²) in [5.74, 6) is 0. The van der Waals surface area contributed by atoms with Crippen molar-refractivity contribution < 1.29 is 18.6 Å². The van der Waals surface area contributed by atoms with Crippen LogP contribution in [-0.4, -0.2) is 31.7 Å². The van der Waals surface area contributed by atoms with Gasteiger partial charge in [0.15, 0.2) is 11.2 Å². The highest BCUT2D eigenvalue weighted by atomic mass is 31.2. The predicted molar refractivity (Wildman–Crippen MR) is 51.6 cm³/mol. The standard InChI is InChI=1S/C6H7N4O5P/c1-14-16(12,13)15-10-3-9-4-5(10)7-2-8-6(4)11/h2-3H,1H3,(H,12,13)(H,7,8,11). The van der Waals surface area contributed by atoms with Crippen LogP contribution in [0.2, 0.25) is 0 Å². The van der Waals surface area contributed by atoms with Crippen molar-refractivity contribution in [2.45, 2.75) is 0 Å². The van der Waals surface area contributed by atoms with Crippen LogP contribution in [0.3, 0.4) is 0 Å². The Labute approximate surface area is 88.2 Å². The average Bonchev–Trinajstić information content (AvgIpc) is 2.63. The molecule has 2 N–H and O–H groups in total. The van der Waals surface area contributed by atoms with E-state index in [1.54, 1.807) is 0 Å². The van der Waals surface area contributed by atoms with Gasteiger partial charge in [-0.1, -0.05) is 0 Å². The molecule has 2 rings (SSSR count). The summed E-state index contributed by atoms with van der Waals surface area (Å²) < 4.78 is 20.8. The molecule has 10 heteroatoms. The molecule has 9 nitrogen and oxygen atoms in total. The number of rotatable bonds is 3. The van der Waals surface area contributed by atoms with E-state index in [-0.39, 0.29) is 11.2 Å². The fourth-order valence-electron chi connectivity index (χ4n) is 1.04. The van der Waals surface area contributed by atoms with Crippen molar-refractivity contribution in [2.24, 2.45) is 0 Å². The number of aromatic amines is 1. The van der Waals surface area contributed by atoms with Crippen molar-refractivity contribution in [3.63, 3.8) is 0 Å². The van der Waals surface area contributed by atoms with Crippen LogP contribution in [0.1, 0.15) is 0 Å². The van der Waals surface area contributed by atoms with Crippen LogP contribution in [0.4, 0.5) is 0 Å². The highest BCUT2D eigenvalue weighted by molar-refractivity contribution is 7.47. The molecule has 0 aliphatic carbocycles. The molecule has 0 saturated carbocycles. The molecule has 2 aromatic rings. The van der Waals surface area contributed by atoms with Gasteiger partial charge in [0.2, 0.25) is 0 Å². The van der Waals surface area contributed by atoms with E-state index in [4.69, 9.17) is 4.89 Å². The van der Waals surface area contributed by atoms with E-state index >= 15 is 0 Å². The smallest absolute Gasteiger partial charge is 0.328 e. The lowest BCUT2D eigenvalue weighted by Gasteiger charge is -2.09. The van der Waals surface area contributed by atoms with E-state index in [0.717, 1.165) is 24.5 Å². The monoisotopic (exact) mass is 246 g/mol. The number of phosphoric acid groups is 1. The Morgan fingerprint density at radius 2 is 2.31 bits per heavy atom. The summed E-state index contributed by atoms with van der Waals surface area (Å²) in [6, 6.07) is 0. The zero-order valence-corrected chi connectivity index (χ0v) is 8.92. The Morgan fingerprint density at radius 1 is 1.56 bits per heavy atom. The minimum absolute atomic E-state index is 0.00129. The van der Waals surface area contributed by atoms with E-state index < -0.39 is 13.4 Å². The van der Waals surface area contributed by atoms with Crippen LogP contribution in [-0.2, 0) is 9.09 Å². The number of nitrogens with zero attached hydrogens (tertiary/aromatic N) is 3. The SMILES string of the molecule is COP(=O)(O)On1cnc2c(=O)nc[nH]c21. The first-order valence-corrected chi connectivity index (χ1v) is 5.52. The van der Waals surface area contributed by atoms with E-state index in [2.05, 4.69) is 24.1 Å². The first-order chi connectivity index (χ1) is 7.53. The highest BCUT2D eigenvalue weighted by Gasteiger charge is 2.22. The van der Waals surface area contributed by atoms with Gasteiger partial charge >= 0.3 is 13.4 Å². The summed E-state index contributed by atoms with van der Waals surface area (Å²) in [5, 5.41) is 0. The quantitative estimate of drug-likeness (QED) is 0.686. The lowest BCUT2D eigenvalue weighted by molar-refractivity contribution is 0.162. The largest absolute Gasteiger partial charge is 0.546 e. The van der Waals surface area contributed by atoms with Crippen molar-refractivity contribution in [3.8, 4) is 0 Å². The Bertz CT molecular complexity index is 619. The van der Waals surface area contributed by atoms with Crippen LogP contribution in [0.25, 0.3) is 11.2 Å². The number of fused-ring (bicyclic) bond motifs is 1. The van der Waals surface area contributed by atoms with Gasteiger partial charge in [0, 0.05) is 7.11 Å². The predicted octanol–water partition coefficient (Wildman–Crippen LogP) is -0.705. The summed E-state index contributed by atoms with van der Waals surface area (Å²) in [6.07, 6.45) is 2.19. The molecule has 2 heterocycles. The second-order valence-electron chi connectivity index (χ2n) is 2.71. The highest BCUT2D eigenvalue weighted by Crippen LogP contribution is 2.38. The fraction of sp³-hybridized carbons (Fsp3) is 0.167. The number of imidazole rings is 1. The van der Waals surface area contributed by atoms with Crippen LogP contribution in [0.5, 0.6) is 0 Å². The van der Waals surface area contributed by atoms with E-state index in [9.17, 15) is 9.36 Å². The molecular weight excluding hydrogens is 239 g/mol. The van der Waals surface area contributed by atoms with Crippen LogP contribution >= 0.6 is 7.82 Å². The fourth-order valence-corrected chi connectivity index (χ4v) is 1.45. The van der Waals surface area contributed by atoms with Gasteiger partial charge in [-0.3, -0.25) is 14.2 Å². The number of hydrogen-bond donors (Lipinski definition) is 2. The summed E-state index contributed by atoms with van der Waals surface area (Å²) in [4.78, 5) is 30.0. The summed E-state index contributed by atoms with van der Waals surface area (Å²) in [5.41, 5.74) is -0.453. The third-order valence-corrected chi connectivity index (χ3v) is 2.59. The zero-order valence-electron chi connectivity index (χ0n) is 8.02. The molecule has 0 aliphatic heterocycles. The maximum Gasteiger partial charge on any atom is 0.546 e. The van der Waals surface area contributed by atoms with Crippen molar-refractivity contribution in [2.75, 3.05) is 7.11 Å². The van der Waals surface area contributed by atoms with Crippen LogP contribution < -0.4 is 10.2 Å². The minimum atomic E-state index is -4.20. The number of nitrogens with one attached hydrogen (secondary N) is 1. The van der Waals surface area contributed by atoms with Crippen molar-refractivity contribution in [3.05, 3.63) is 23.0 Å². The molecular formula is C6H7N4O5P. The molecule has 0 aliphatic rings. The second-order valence-corrected chi connectivity index (χ2v) is 4.17. The van der Waals surface area contributed by atoms with Crippen molar-refractivity contribution >= 4 is 19.0 Å². The van der Waals surface area contributed by atoms with Gasteiger partial charge in [-0.05, 0) is 0 Å². The molecule has 1 unspecified atom stereocenters. The number of hydrogen-bond acceptors (Lipinski definition) is 6. The first kappa shape index (κ1) is 10.8. The lowest BCUT2D eigenvalue weighted by Crippen LogP contribution is -2.11. The molecule has 86 valence electrons. The molecule has 0 fully saturated rings. The van der Waals surface area contributed by atoms with Crippen LogP contribution in [0, 0.1) is 0 Å². The average molecular weight is 246 g/mol. The Hall–Kier alpha value is -1.70. The summed E-state index contributed by atoms with van der Waals surface area (Å²) >= 11 is 0. The van der Waals surface area contributed by atoms with Crippen LogP contribution in [0.15, 0.2) is 17.4 Å². The number of phosphoric ester groups is 1. The van der Waals surface area contributed by atoms with E-state index in [1.165, 1.54) is 0 Å². The van der Waals surface area contributed by atoms with Crippen molar-refractivity contribution in [1.82, 2.24) is 19.7 Å². The first-order valence-electron chi connectivity index (χ1n) is 4.03. The van der Waals surface area contributed by atoms with Crippen molar-refractivity contribution in [1.29, 1.82) is 0 Å². The Kier molecular flexibility index (Phi) is 2.50. The molecule has 0 bridgehead atoms. The lowest BCUT2D eigenvalue weighted by atomic mass is 10.5.